The van der Waals surface area contributed by atoms with Crippen LogP contribution in [0.3, 0.4) is 0 Å². The van der Waals surface area contributed by atoms with Crippen LogP contribution >= 0.6 is 31.9 Å². The van der Waals surface area contributed by atoms with E-state index in [9.17, 15) is 17.2 Å². The third-order valence-electron chi connectivity index (χ3n) is 2.48. The highest BCUT2D eigenvalue weighted by molar-refractivity contribution is 9.11. The molecule has 0 bridgehead atoms. The molecule has 0 saturated carbocycles. The van der Waals surface area contributed by atoms with E-state index in [1.54, 1.807) is 0 Å². The number of nitrogens with two attached hydrogens (primary N) is 1. The van der Waals surface area contributed by atoms with Gasteiger partial charge in [-0.2, -0.15) is 0 Å². The van der Waals surface area contributed by atoms with Gasteiger partial charge in [0.1, 0.15) is 4.90 Å². The van der Waals surface area contributed by atoms with Gasteiger partial charge in [-0.15, -0.1) is 0 Å². The predicted octanol–water partition coefficient (Wildman–Crippen LogP) is 3.87. The van der Waals surface area contributed by atoms with Crippen molar-refractivity contribution in [2.75, 3.05) is 10.5 Å². The number of nitrogens with one attached hydrogen (secondary N) is 1. The molecule has 112 valence electrons. The molecule has 9 heteroatoms. The lowest BCUT2D eigenvalue weighted by Gasteiger charge is -2.12. The minimum Gasteiger partial charge on any atom is -0.398 e. The molecule has 0 aliphatic heterocycles. The summed E-state index contributed by atoms with van der Waals surface area (Å²) in [6.07, 6.45) is 0. The first kappa shape index (κ1) is 16.2. The Morgan fingerprint density at radius 3 is 2.29 bits per heavy atom. The van der Waals surface area contributed by atoms with Crippen molar-refractivity contribution < 1.29 is 17.2 Å². The Morgan fingerprint density at radius 2 is 1.71 bits per heavy atom. The molecule has 2 rings (SSSR count). The highest BCUT2D eigenvalue weighted by atomic mass is 79.9. The predicted molar refractivity (Wildman–Crippen MR) is 83.4 cm³/mol. The summed E-state index contributed by atoms with van der Waals surface area (Å²) in [6.45, 7) is 0. The molecular weight excluding hydrogens is 434 g/mol. The standard InChI is InChI=1S/C12H8Br2F2N2O2S/c13-6-3-8(14)12(11(17)4-6)21(19,20)18-7-1-2-9(15)10(16)5-7/h1-5,18H,17H2. The molecule has 2 aromatic carbocycles. The van der Waals surface area contributed by atoms with Crippen molar-refractivity contribution in [3.05, 3.63) is 50.9 Å². The largest absolute Gasteiger partial charge is 0.398 e. The van der Waals surface area contributed by atoms with Crippen LogP contribution in [0.25, 0.3) is 0 Å². The summed E-state index contributed by atoms with van der Waals surface area (Å²) >= 11 is 6.29. The first-order chi connectivity index (χ1) is 9.70. The van der Waals surface area contributed by atoms with Crippen LogP contribution in [0.15, 0.2) is 44.2 Å². The zero-order valence-electron chi connectivity index (χ0n) is 10.2. The fraction of sp³-hybridized carbons (Fsp3) is 0. The van der Waals surface area contributed by atoms with Gasteiger partial charge in [0.05, 0.1) is 11.4 Å². The molecule has 0 aliphatic carbocycles. The minimum absolute atomic E-state index is 0.00586. The Labute approximate surface area is 136 Å². The second-order valence-electron chi connectivity index (χ2n) is 4.04. The Balaban J connectivity index is 2.46. The van der Waals surface area contributed by atoms with Crippen molar-refractivity contribution in [3.8, 4) is 0 Å². The highest BCUT2D eigenvalue weighted by Crippen LogP contribution is 2.32. The maximum atomic E-state index is 13.1. The normalized spacial score (nSPS) is 11.4. The lowest BCUT2D eigenvalue weighted by molar-refractivity contribution is 0.509. The number of rotatable bonds is 3. The van der Waals surface area contributed by atoms with Crippen LogP contribution in [0.2, 0.25) is 0 Å². The molecule has 0 unspecified atom stereocenters. The van der Waals surface area contributed by atoms with Gasteiger partial charge in [0.25, 0.3) is 10.0 Å². The summed E-state index contributed by atoms with van der Waals surface area (Å²) < 4.78 is 53.5. The van der Waals surface area contributed by atoms with Crippen molar-refractivity contribution in [3.63, 3.8) is 0 Å². The van der Waals surface area contributed by atoms with Crippen molar-refractivity contribution >= 4 is 53.3 Å². The first-order valence-corrected chi connectivity index (χ1v) is 8.50. The fourth-order valence-electron chi connectivity index (χ4n) is 1.63. The maximum absolute atomic E-state index is 13.1. The van der Waals surface area contributed by atoms with E-state index in [0.29, 0.717) is 4.47 Å². The number of nitrogen functional groups attached to an aromatic ring is 1. The van der Waals surface area contributed by atoms with E-state index in [1.807, 2.05) is 0 Å². The molecule has 0 saturated heterocycles. The van der Waals surface area contributed by atoms with Gasteiger partial charge in [0.2, 0.25) is 0 Å². The van der Waals surface area contributed by atoms with Gasteiger partial charge in [-0.05, 0) is 40.2 Å². The van der Waals surface area contributed by atoms with E-state index in [1.165, 1.54) is 12.1 Å². The van der Waals surface area contributed by atoms with E-state index in [4.69, 9.17) is 5.73 Å². The fourth-order valence-corrected chi connectivity index (χ4v) is 4.75. The van der Waals surface area contributed by atoms with Crippen LogP contribution in [0, 0.1) is 11.6 Å². The average Bonchev–Trinajstić information content (AvgIpc) is 2.31. The number of halogens is 4. The van der Waals surface area contributed by atoms with Gasteiger partial charge in [0.15, 0.2) is 11.6 Å². The smallest absolute Gasteiger partial charge is 0.265 e. The lowest BCUT2D eigenvalue weighted by atomic mass is 10.3. The van der Waals surface area contributed by atoms with Crippen LogP contribution in [-0.4, -0.2) is 8.42 Å². The average molecular weight is 442 g/mol. The minimum atomic E-state index is -4.05. The summed E-state index contributed by atoms with van der Waals surface area (Å²) in [6, 6.07) is 5.61. The summed E-state index contributed by atoms with van der Waals surface area (Å²) in [5, 5.41) is 0. The van der Waals surface area contributed by atoms with E-state index in [-0.39, 0.29) is 20.7 Å². The van der Waals surface area contributed by atoms with Crippen LogP contribution < -0.4 is 10.5 Å². The topological polar surface area (TPSA) is 72.2 Å². The van der Waals surface area contributed by atoms with E-state index in [0.717, 1.165) is 18.2 Å². The maximum Gasteiger partial charge on any atom is 0.265 e. The second-order valence-corrected chi connectivity index (χ2v) is 7.43. The molecule has 4 nitrogen and oxygen atoms in total. The Kier molecular flexibility index (Phi) is 4.54. The zero-order chi connectivity index (χ0) is 15.8. The Morgan fingerprint density at radius 1 is 1.05 bits per heavy atom. The van der Waals surface area contributed by atoms with Gasteiger partial charge in [0, 0.05) is 15.0 Å². The zero-order valence-corrected chi connectivity index (χ0v) is 14.2. The van der Waals surface area contributed by atoms with Gasteiger partial charge in [-0.3, -0.25) is 4.72 Å². The summed E-state index contributed by atoms with van der Waals surface area (Å²) in [5.74, 6) is -2.22. The molecule has 0 atom stereocenters. The van der Waals surface area contributed by atoms with Crippen molar-refractivity contribution in [1.29, 1.82) is 0 Å². The molecule has 0 radical (unpaired) electrons. The number of benzene rings is 2. The van der Waals surface area contributed by atoms with Crippen molar-refractivity contribution in [2.45, 2.75) is 4.90 Å². The van der Waals surface area contributed by atoms with Crippen molar-refractivity contribution in [2.24, 2.45) is 0 Å². The molecule has 2 aromatic rings. The summed E-state index contributed by atoms with van der Waals surface area (Å²) in [7, 11) is -4.05. The molecule has 0 fully saturated rings. The lowest BCUT2D eigenvalue weighted by Crippen LogP contribution is -2.15. The molecular formula is C12H8Br2F2N2O2S. The van der Waals surface area contributed by atoms with E-state index < -0.39 is 21.7 Å². The quantitative estimate of drug-likeness (QED) is 0.710. The molecule has 3 N–H and O–H groups in total. The van der Waals surface area contributed by atoms with Gasteiger partial charge >= 0.3 is 0 Å². The van der Waals surface area contributed by atoms with Crippen LogP contribution in [0.4, 0.5) is 20.2 Å². The van der Waals surface area contributed by atoms with Gasteiger partial charge in [-0.25, -0.2) is 17.2 Å². The molecule has 0 aliphatic rings. The third-order valence-corrected chi connectivity index (χ3v) is 5.32. The van der Waals surface area contributed by atoms with Crippen LogP contribution in [0.5, 0.6) is 0 Å². The summed E-state index contributed by atoms with van der Waals surface area (Å²) in [5.41, 5.74) is 5.60. The molecule has 21 heavy (non-hydrogen) atoms. The van der Waals surface area contributed by atoms with Gasteiger partial charge < -0.3 is 5.73 Å². The second kappa shape index (κ2) is 5.90. The molecule has 0 aromatic heterocycles. The van der Waals surface area contributed by atoms with E-state index >= 15 is 0 Å². The SMILES string of the molecule is Nc1cc(Br)cc(Br)c1S(=O)(=O)Nc1ccc(F)c(F)c1. The molecule has 0 amide bonds. The monoisotopic (exact) mass is 440 g/mol. The van der Waals surface area contributed by atoms with E-state index in [2.05, 4.69) is 36.6 Å². The number of sulfonamides is 1. The number of hydrogen-bond acceptors (Lipinski definition) is 3. The number of anilines is 2. The Bertz CT molecular complexity index is 790. The molecule has 0 spiro atoms. The van der Waals surface area contributed by atoms with Crippen LogP contribution in [-0.2, 0) is 10.0 Å². The van der Waals surface area contributed by atoms with Gasteiger partial charge in [-0.1, -0.05) is 15.9 Å². The Hall–Kier alpha value is -1.19. The van der Waals surface area contributed by atoms with Crippen molar-refractivity contribution in [1.82, 2.24) is 0 Å². The third kappa shape index (κ3) is 3.53. The highest BCUT2D eigenvalue weighted by Gasteiger charge is 2.22. The first-order valence-electron chi connectivity index (χ1n) is 5.43. The van der Waals surface area contributed by atoms with Crippen LogP contribution in [0.1, 0.15) is 0 Å². The summed E-state index contributed by atoms with van der Waals surface area (Å²) in [4.78, 5) is -0.185. The molecule has 0 heterocycles. The number of hydrogen-bond donors (Lipinski definition) is 2.